The number of nitrogens with one attached hydrogen (secondary N) is 1. The van der Waals surface area contributed by atoms with Gasteiger partial charge in [-0.15, -0.1) is 0 Å². The van der Waals surface area contributed by atoms with Crippen molar-refractivity contribution in [3.8, 4) is 5.88 Å². The van der Waals surface area contributed by atoms with Gasteiger partial charge in [0, 0.05) is 30.4 Å². The van der Waals surface area contributed by atoms with Gasteiger partial charge in [-0.2, -0.15) is 0 Å². The molecule has 0 amide bonds. The topological polar surface area (TPSA) is 34.1 Å². The molecule has 0 unspecified atom stereocenters. The normalized spacial score (nSPS) is 10.3. The summed E-state index contributed by atoms with van der Waals surface area (Å²) in [6.07, 6.45) is 1.72. The van der Waals surface area contributed by atoms with Crippen molar-refractivity contribution in [3.05, 3.63) is 59.2 Å². The summed E-state index contributed by atoms with van der Waals surface area (Å²) in [7, 11) is 0. The molecule has 0 bridgehead atoms. The SMILES string of the molecule is Clc1ccc(CNCCOc2ccccn2)cc1. The van der Waals surface area contributed by atoms with E-state index in [4.69, 9.17) is 16.3 Å². The number of hydrogen-bond acceptors (Lipinski definition) is 3. The summed E-state index contributed by atoms with van der Waals surface area (Å²) in [4.78, 5) is 4.08. The highest BCUT2D eigenvalue weighted by Gasteiger charge is 1.94. The summed E-state index contributed by atoms with van der Waals surface area (Å²) in [6.45, 7) is 2.19. The van der Waals surface area contributed by atoms with E-state index in [9.17, 15) is 0 Å². The summed E-state index contributed by atoms with van der Waals surface area (Å²) in [5, 5.41) is 4.06. The summed E-state index contributed by atoms with van der Waals surface area (Å²) < 4.78 is 5.47. The van der Waals surface area contributed by atoms with Gasteiger partial charge in [-0.25, -0.2) is 4.98 Å². The van der Waals surface area contributed by atoms with Crippen LogP contribution in [-0.4, -0.2) is 18.1 Å². The Hall–Kier alpha value is -1.58. The molecule has 0 aliphatic carbocycles. The summed E-state index contributed by atoms with van der Waals surface area (Å²) >= 11 is 5.82. The summed E-state index contributed by atoms with van der Waals surface area (Å²) in [5.74, 6) is 0.658. The molecule has 0 spiro atoms. The first-order chi connectivity index (χ1) is 8.84. The molecule has 2 rings (SSSR count). The molecule has 1 heterocycles. The van der Waals surface area contributed by atoms with Gasteiger partial charge >= 0.3 is 0 Å². The number of halogens is 1. The van der Waals surface area contributed by atoms with Gasteiger partial charge < -0.3 is 10.1 Å². The second kappa shape index (κ2) is 6.99. The van der Waals surface area contributed by atoms with Crippen LogP contribution >= 0.6 is 11.6 Å². The Morgan fingerprint density at radius 2 is 1.94 bits per heavy atom. The molecule has 94 valence electrons. The first-order valence-electron chi connectivity index (χ1n) is 5.83. The molecular formula is C14H15ClN2O. The molecule has 0 aliphatic rings. The predicted molar refractivity (Wildman–Crippen MR) is 72.9 cm³/mol. The van der Waals surface area contributed by atoms with E-state index in [0.717, 1.165) is 18.1 Å². The Balaban J connectivity index is 1.63. The molecule has 1 aromatic carbocycles. The molecule has 18 heavy (non-hydrogen) atoms. The molecule has 1 aromatic heterocycles. The summed E-state index contributed by atoms with van der Waals surface area (Å²) in [5.41, 5.74) is 1.21. The lowest BCUT2D eigenvalue weighted by Crippen LogP contribution is -2.20. The maximum atomic E-state index is 5.82. The number of nitrogens with zero attached hydrogens (tertiary/aromatic N) is 1. The average Bonchev–Trinajstić information content (AvgIpc) is 2.42. The first-order valence-corrected chi connectivity index (χ1v) is 6.21. The summed E-state index contributed by atoms with van der Waals surface area (Å²) in [6, 6.07) is 13.4. The molecular weight excluding hydrogens is 248 g/mol. The van der Waals surface area contributed by atoms with Gasteiger partial charge in [0.15, 0.2) is 0 Å². The van der Waals surface area contributed by atoms with Crippen molar-refractivity contribution in [2.24, 2.45) is 0 Å². The van der Waals surface area contributed by atoms with Crippen molar-refractivity contribution in [1.82, 2.24) is 10.3 Å². The van der Waals surface area contributed by atoms with Crippen LogP contribution < -0.4 is 10.1 Å². The molecule has 0 aliphatic heterocycles. The lowest BCUT2D eigenvalue weighted by Gasteiger charge is -2.06. The lowest BCUT2D eigenvalue weighted by molar-refractivity contribution is 0.302. The quantitative estimate of drug-likeness (QED) is 0.813. The number of ether oxygens (including phenoxy) is 1. The fourth-order valence-electron chi connectivity index (χ4n) is 1.50. The fraction of sp³-hybridized carbons (Fsp3) is 0.214. The number of aromatic nitrogens is 1. The molecule has 0 atom stereocenters. The van der Waals surface area contributed by atoms with Crippen LogP contribution in [0.5, 0.6) is 5.88 Å². The van der Waals surface area contributed by atoms with E-state index in [1.54, 1.807) is 6.20 Å². The number of rotatable bonds is 6. The molecule has 0 radical (unpaired) electrons. The van der Waals surface area contributed by atoms with Crippen LogP contribution in [0, 0.1) is 0 Å². The highest BCUT2D eigenvalue weighted by atomic mass is 35.5. The Labute approximate surface area is 112 Å². The van der Waals surface area contributed by atoms with E-state index in [1.807, 2.05) is 42.5 Å². The molecule has 4 heteroatoms. The van der Waals surface area contributed by atoms with Gasteiger partial charge in [0.2, 0.25) is 5.88 Å². The van der Waals surface area contributed by atoms with Crippen molar-refractivity contribution >= 4 is 11.6 Å². The monoisotopic (exact) mass is 262 g/mol. The molecule has 3 nitrogen and oxygen atoms in total. The van der Waals surface area contributed by atoms with Crippen molar-refractivity contribution < 1.29 is 4.74 Å². The fourth-order valence-corrected chi connectivity index (χ4v) is 1.62. The second-order valence-electron chi connectivity index (χ2n) is 3.82. The zero-order chi connectivity index (χ0) is 12.6. The van der Waals surface area contributed by atoms with Gasteiger partial charge in [-0.3, -0.25) is 0 Å². The zero-order valence-electron chi connectivity index (χ0n) is 9.97. The molecule has 0 saturated heterocycles. The largest absolute Gasteiger partial charge is 0.476 e. The maximum Gasteiger partial charge on any atom is 0.213 e. The van der Waals surface area contributed by atoms with E-state index in [0.29, 0.717) is 12.5 Å². The lowest BCUT2D eigenvalue weighted by atomic mass is 10.2. The smallest absolute Gasteiger partial charge is 0.213 e. The third-order valence-electron chi connectivity index (χ3n) is 2.41. The highest BCUT2D eigenvalue weighted by Crippen LogP contribution is 2.09. The Kier molecular flexibility index (Phi) is 5.00. The Morgan fingerprint density at radius 1 is 1.11 bits per heavy atom. The maximum absolute atomic E-state index is 5.82. The van der Waals surface area contributed by atoms with E-state index in [2.05, 4.69) is 10.3 Å². The second-order valence-corrected chi connectivity index (χ2v) is 4.26. The van der Waals surface area contributed by atoms with Crippen LogP contribution in [0.1, 0.15) is 5.56 Å². The van der Waals surface area contributed by atoms with Crippen LogP contribution in [0.15, 0.2) is 48.7 Å². The van der Waals surface area contributed by atoms with Gasteiger partial charge in [0.25, 0.3) is 0 Å². The van der Waals surface area contributed by atoms with E-state index >= 15 is 0 Å². The highest BCUT2D eigenvalue weighted by molar-refractivity contribution is 6.30. The van der Waals surface area contributed by atoms with Gasteiger partial charge in [0.05, 0.1) is 0 Å². The minimum Gasteiger partial charge on any atom is -0.476 e. The first kappa shape index (κ1) is 12.9. The van der Waals surface area contributed by atoms with Crippen molar-refractivity contribution in [2.45, 2.75) is 6.54 Å². The van der Waals surface area contributed by atoms with Crippen LogP contribution in [0.2, 0.25) is 5.02 Å². The van der Waals surface area contributed by atoms with E-state index < -0.39 is 0 Å². The standard InChI is InChI=1S/C14H15ClN2O/c15-13-6-4-12(5-7-13)11-16-9-10-18-14-3-1-2-8-17-14/h1-8,16H,9-11H2. The van der Waals surface area contributed by atoms with Gasteiger partial charge in [0.1, 0.15) is 6.61 Å². The van der Waals surface area contributed by atoms with Gasteiger partial charge in [-0.05, 0) is 23.8 Å². The Bertz CT molecular complexity index is 459. The van der Waals surface area contributed by atoms with Crippen LogP contribution in [0.4, 0.5) is 0 Å². The van der Waals surface area contributed by atoms with Crippen LogP contribution in [0.3, 0.4) is 0 Å². The van der Waals surface area contributed by atoms with Crippen LogP contribution in [-0.2, 0) is 6.54 Å². The average molecular weight is 263 g/mol. The zero-order valence-corrected chi connectivity index (χ0v) is 10.7. The third-order valence-corrected chi connectivity index (χ3v) is 2.66. The molecule has 2 aromatic rings. The van der Waals surface area contributed by atoms with E-state index in [1.165, 1.54) is 5.56 Å². The van der Waals surface area contributed by atoms with Crippen molar-refractivity contribution in [1.29, 1.82) is 0 Å². The van der Waals surface area contributed by atoms with E-state index in [-0.39, 0.29) is 0 Å². The number of hydrogen-bond donors (Lipinski definition) is 1. The predicted octanol–water partition coefficient (Wildman–Crippen LogP) is 2.90. The molecule has 0 fully saturated rings. The Morgan fingerprint density at radius 3 is 2.67 bits per heavy atom. The minimum absolute atomic E-state index is 0.602. The van der Waals surface area contributed by atoms with Gasteiger partial charge in [-0.1, -0.05) is 29.8 Å². The van der Waals surface area contributed by atoms with Crippen molar-refractivity contribution in [2.75, 3.05) is 13.2 Å². The number of benzene rings is 1. The minimum atomic E-state index is 0.602. The third kappa shape index (κ3) is 4.35. The number of pyridine rings is 1. The molecule has 1 N–H and O–H groups in total. The van der Waals surface area contributed by atoms with Crippen molar-refractivity contribution in [3.63, 3.8) is 0 Å². The van der Waals surface area contributed by atoms with Crippen LogP contribution in [0.25, 0.3) is 0 Å². The molecule has 0 saturated carbocycles.